The Balaban J connectivity index is 1.78. The van der Waals surface area contributed by atoms with Crippen molar-refractivity contribution in [2.24, 2.45) is 11.1 Å². The van der Waals surface area contributed by atoms with Crippen LogP contribution in [0.15, 0.2) is 16.5 Å². The maximum Gasteiger partial charge on any atom is 0.227 e. The zero-order valence-electron chi connectivity index (χ0n) is 10.3. The highest BCUT2D eigenvalue weighted by molar-refractivity contribution is 5.77. The predicted octanol–water partition coefficient (Wildman–Crippen LogP) is 1.38. The van der Waals surface area contributed by atoms with Gasteiger partial charge in [0.2, 0.25) is 5.91 Å². The van der Waals surface area contributed by atoms with Crippen LogP contribution in [0.5, 0.6) is 0 Å². The number of aryl methyl sites for hydroxylation is 1. The molecule has 0 bridgehead atoms. The van der Waals surface area contributed by atoms with Crippen LogP contribution in [0.1, 0.15) is 30.8 Å². The smallest absolute Gasteiger partial charge is 0.227 e. The zero-order valence-corrected chi connectivity index (χ0v) is 10.3. The van der Waals surface area contributed by atoms with Crippen LogP contribution in [0.25, 0.3) is 0 Å². The molecule has 0 aliphatic heterocycles. The highest BCUT2D eigenvalue weighted by Crippen LogP contribution is 2.39. The molecular formula is C13H20N2O2. The fourth-order valence-electron chi connectivity index (χ4n) is 2.22. The monoisotopic (exact) mass is 236 g/mol. The largest absolute Gasteiger partial charge is 0.466 e. The summed E-state index contributed by atoms with van der Waals surface area (Å²) in [5.74, 6) is 1.57. The molecule has 3 N–H and O–H groups in total. The van der Waals surface area contributed by atoms with Crippen molar-refractivity contribution in [1.82, 2.24) is 5.32 Å². The fourth-order valence-corrected chi connectivity index (χ4v) is 2.22. The number of nitrogens with one attached hydrogen (secondary N) is 1. The third-order valence-corrected chi connectivity index (χ3v) is 3.64. The van der Waals surface area contributed by atoms with E-state index in [1.807, 2.05) is 19.1 Å². The van der Waals surface area contributed by atoms with E-state index in [1.165, 1.54) is 6.42 Å². The van der Waals surface area contributed by atoms with Crippen LogP contribution in [0.3, 0.4) is 0 Å². The summed E-state index contributed by atoms with van der Waals surface area (Å²) in [7, 11) is 0. The Kier molecular flexibility index (Phi) is 3.52. The number of hydrogen-bond donors (Lipinski definition) is 2. The average molecular weight is 236 g/mol. The topological polar surface area (TPSA) is 68.3 Å². The molecule has 1 aliphatic carbocycles. The van der Waals surface area contributed by atoms with E-state index >= 15 is 0 Å². The van der Waals surface area contributed by atoms with Gasteiger partial charge in [0.1, 0.15) is 11.5 Å². The van der Waals surface area contributed by atoms with Crippen molar-refractivity contribution < 1.29 is 9.21 Å². The minimum absolute atomic E-state index is 0.0130. The molecule has 1 saturated carbocycles. The average Bonchev–Trinajstić information content (AvgIpc) is 2.63. The highest BCUT2D eigenvalue weighted by atomic mass is 16.3. The molecule has 0 spiro atoms. The summed E-state index contributed by atoms with van der Waals surface area (Å²) in [5, 5.41) is 2.96. The van der Waals surface area contributed by atoms with Gasteiger partial charge < -0.3 is 15.5 Å². The van der Waals surface area contributed by atoms with Crippen LogP contribution in [-0.4, -0.2) is 19.0 Å². The zero-order chi connectivity index (χ0) is 12.3. The van der Waals surface area contributed by atoms with Crippen LogP contribution in [-0.2, 0) is 11.2 Å². The molecule has 1 fully saturated rings. The lowest BCUT2D eigenvalue weighted by atomic mass is 9.69. The van der Waals surface area contributed by atoms with E-state index in [0.29, 0.717) is 19.5 Å². The molecule has 2 rings (SSSR count). The van der Waals surface area contributed by atoms with Crippen LogP contribution in [0.4, 0.5) is 0 Å². The maximum absolute atomic E-state index is 11.7. The van der Waals surface area contributed by atoms with Gasteiger partial charge in [0.05, 0.1) is 6.42 Å². The van der Waals surface area contributed by atoms with Crippen molar-refractivity contribution in [2.45, 2.75) is 32.6 Å². The first-order valence-electron chi connectivity index (χ1n) is 6.16. The van der Waals surface area contributed by atoms with Gasteiger partial charge in [0.25, 0.3) is 0 Å². The van der Waals surface area contributed by atoms with E-state index in [2.05, 4.69) is 5.32 Å². The first-order chi connectivity index (χ1) is 8.13. The van der Waals surface area contributed by atoms with Gasteiger partial charge in [0, 0.05) is 6.54 Å². The quantitative estimate of drug-likeness (QED) is 0.811. The Bertz CT molecular complexity index is 388. The van der Waals surface area contributed by atoms with Crippen molar-refractivity contribution in [2.75, 3.05) is 13.1 Å². The van der Waals surface area contributed by atoms with Gasteiger partial charge >= 0.3 is 0 Å². The van der Waals surface area contributed by atoms with Crippen molar-refractivity contribution >= 4 is 5.91 Å². The molecule has 0 saturated heterocycles. The van der Waals surface area contributed by atoms with Gasteiger partial charge in [0.15, 0.2) is 0 Å². The molecule has 17 heavy (non-hydrogen) atoms. The Morgan fingerprint density at radius 1 is 1.53 bits per heavy atom. The van der Waals surface area contributed by atoms with Gasteiger partial charge in [-0.15, -0.1) is 0 Å². The molecule has 1 heterocycles. The minimum atomic E-state index is 0.0130. The molecule has 0 unspecified atom stereocenters. The predicted molar refractivity (Wildman–Crippen MR) is 65.5 cm³/mol. The van der Waals surface area contributed by atoms with E-state index in [0.717, 1.165) is 24.4 Å². The summed E-state index contributed by atoms with van der Waals surface area (Å²) in [6.45, 7) is 3.23. The van der Waals surface area contributed by atoms with Crippen LogP contribution in [0, 0.1) is 12.3 Å². The number of carbonyl (C=O) groups is 1. The molecule has 0 aromatic carbocycles. The third-order valence-electron chi connectivity index (χ3n) is 3.64. The van der Waals surface area contributed by atoms with Gasteiger partial charge in [-0.05, 0) is 43.9 Å². The van der Waals surface area contributed by atoms with Gasteiger partial charge in [-0.3, -0.25) is 4.79 Å². The van der Waals surface area contributed by atoms with E-state index < -0.39 is 0 Å². The summed E-state index contributed by atoms with van der Waals surface area (Å²) >= 11 is 0. The lowest BCUT2D eigenvalue weighted by molar-refractivity contribution is -0.121. The van der Waals surface area contributed by atoms with E-state index in [9.17, 15) is 4.79 Å². The molecule has 1 amide bonds. The molecule has 94 valence electrons. The summed E-state index contributed by atoms with van der Waals surface area (Å²) in [6.07, 6.45) is 3.80. The summed E-state index contributed by atoms with van der Waals surface area (Å²) in [6, 6.07) is 3.72. The molecule has 0 atom stereocenters. The second-order valence-electron chi connectivity index (χ2n) is 5.02. The first-order valence-corrected chi connectivity index (χ1v) is 6.16. The summed E-state index contributed by atoms with van der Waals surface area (Å²) < 4.78 is 5.37. The Morgan fingerprint density at radius 3 is 2.76 bits per heavy atom. The highest BCUT2D eigenvalue weighted by Gasteiger charge is 2.35. The molecule has 1 aromatic heterocycles. The molecule has 4 nitrogen and oxygen atoms in total. The summed E-state index contributed by atoms with van der Waals surface area (Å²) in [4.78, 5) is 11.7. The van der Waals surface area contributed by atoms with Gasteiger partial charge in [-0.25, -0.2) is 0 Å². The van der Waals surface area contributed by atoms with E-state index in [1.54, 1.807) is 0 Å². The van der Waals surface area contributed by atoms with Gasteiger partial charge in [-0.1, -0.05) is 6.42 Å². The Hall–Kier alpha value is -1.29. The Labute approximate surface area is 102 Å². The Morgan fingerprint density at radius 2 is 2.29 bits per heavy atom. The van der Waals surface area contributed by atoms with Crippen LogP contribution < -0.4 is 11.1 Å². The van der Waals surface area contributed by atoms with Crippen molar-refractivity contribution in [3.63, 3.8) is 0 Å². The number of carbonyl (C=O) groups excluding carboxylic acids is 1. The molecule has 4 heteroatoms. The third kappa shape index (κ3) is 2.88. The molecule has 1 aliphatic rings. The fraction of sp³-hybridized carbons (Fsp3) is 0.615. The molecule has 1 aromatic rings. The number of rotatable bonds is 5. The molecule has 0 radical (unpaired) electrons. The minimum Gasteiger partial charge on any atom is -0.466 e. The van der Waals surface area contributed by atoms with Crippen LogP contribution >= 0.6 is 0 Å². The van der Waals surface area contributed by atoms with Crippen LogP contribution in [0.2, 0.25) is 0 Å². The lowest BCUT2D eigenvalue weighted by Crippen LogP contribution is -2.47. The first kappa shape index (κ1) is 12.2. The van der Waals surface area contributed by atoms with E-state index in [-0.39, 0.29) is 11.3 Å². The number of hydrogen-bond acceptors (Lipinski definition) is 3. The standard InChI is InChI=1S/C13H20N2O2/c1-10-3-4-11(17-10)7-12(16)15-9-13(8-14)5-2-6-13/h3-4H,2,5-9,14H2,1H3,(H,15,16). The number of amides is 1. The van der Waals surface area contributed by atoms with Gasteiger partial charge in [-0.2, -0.15) is 0 Å². The normalized spacial score (nSPS) is 17.5. The van der Waals surface area contributed by atoms with Crippen molar-refractivity contribution in [3.8, 4) is 0 Å². The van der Waals surface area contributed by atoms with E-state index in [4.69, 9.17) is 10.2 Å². The summed E-state index contributed by atoms with van der Waals surface area (Å²) in [5.41, 5.74) is 5.90. The lowest BCUT2D eigenvalue weighted by Gasteiger charge is -2.40. The molecular weight excluding hydrogens is 216 g/mol. The second-order valence-corrected chi connectivity index (χ2v) is 5.02. The van der Waals surface area contributed by atoms with Crippen molar-refractivity contribution in [1.29, 1.82) is 0 Å². The number of furan rings is 1. The SMILES string of the molecule is Cc1ccc(CC(=O)NCC2(CN)CCC2)o1. The number of nitrogens with two attached hydrogens (primary N) is 1. The maximum atomic E-state index is 11.7. The van der Waals surface area contributed by atoms with Crippen molar-refractivity contribution in [3.05, 3.63) is 23.7 Å². The second kappa shape index (κ2) is 4.92.